The molecule has 0 saturated heterocycles. The predicted octanol–water partition coefficient (Wildman–Crippen LogP) is 5.11. The van der Waals surface area contributed by atoms with E-state index in [0.29, 0.717) is 5.75 Å². The Kier molecular flexibility index (Phi) is 4.68. The molecule has 0 fully saturated rings. The minimum absolute atomic E-state index is 0.00503. The van der Waals surface area contributed by atoms with Gasteiger partial charge >= 0.3 is 0 Å². The van der Waals surface area contributed by atoms with Crippen molar-refractivity contribution in [2.24, 2.45) is 0 Å². The van der Waals surface area contributed by atoms with E-state index >= 15 is 0 Å². The van der Waals surface area contributed by atoms with Crippen molar-refractivity contribution in [3.63, 3.8) is 0 Å². The number of hydrogen-bond donors (Lipinski definition) is 1. The third-order valence-corrected chi connectivity index (χ3v) is 3.52. The van der Waals surface area contributed by atoms with Gasteiger partial charge in [0.2, 0.25) is 0 Å². The maximum absolute atomic E-state index is 13.8. The average molecular weight is 312 g/mol. The molecule has 0 amide bonds. The Balaban J connectivity index is 2.32. The van der Waals surface area contributed by atoms with Gasteiger partial charge in [-0.05, 0) is 31.5 Å². The van der Waals surface area contributed by atoms with Crippen molar-refractivity contribution in [2.75, 3.05) is 12.4 Å². The van der Waals surface area contributed by atoms with Gasteiger partial charge in [0.1, 0.15) is 11.6 Å². The molecule has 2 aromatic rings. The summed E-state index contributed by atoms with van der Waals surface area (Å²) >= 11 is 5.89. The zero-order valence-corrected chi connectivity index (χ0v) is 12.8. The number of anilines is 1. The lowest BCUT2D eigenvalue weighted by molar-refractivity contribution is 0.407. The molecule has 2 aromatic carbocycles. The normalized spacial score (nSPS) is 12.1. The zero-order chi connectivity index (χ0) is 15.6. The zero-order valence-electron chi connectivity index (χ0n) is 12.0. The summed E-state index contributed by atoms with van der Waals surface area (Å²) in [5, 5.41) is 2.97. The van der Waals surface area contributed by atoms with Crippen LogP contribution in [0.1, 0.15) is 24.1 Å². The van der Waals surface area contributed by atoms with Gasteiger partial charge in [0, 0.05) is 11.6 Å². The number of aryl methyl sites for hydroxylation is 1. The molecule has 2 nitrogen and oxygen atoms in total. The SMILES string of the molecule is COc1cc(C)ccc1C(C)Nc1c(F)cc(F)cc1Cl. The van der Waals surface area contributed by atoms with Gasteiger partial charge in [0.25, 0.3) is 0 Å². The first kappa shape index (κ1) is 15.6. The molecule has 0 aliphatic rings. The van der Waals surface area contributed by atoms with E-state index < -0.39 is 11.6 Å². The summed E-state index contributed by atoms with van der Waals surface area (Å²) in [5.74, 6) is -0.727. The Labute approximate surface area is 127 Å². The predicted molar refractivity (Wildman–Crippen MR) is 81.1 cm³/mol. The van der Waals surface area contributed by atoms with Gasteiger partial charge in [-0.1, -0.05) is 23.7 Å². The van der Waals surface area contributed by atoms with Gasteiger partial charge in [-0.3, -0.25) is 0 Å². The highest BCUT2D eigenvalue weighted by Crippen LogP contribution is 2.33. The lowest BCUT2D eigenvalue weighted by Crippen LogP contribution is -2.10. The molecular formula is C16H16ClF2NO. The highest BCUT2D eigenvalue weighted by Gasteiger charge is 2.16. The standard InChI is InChI=1S/C16H16ClF2NO/c1-9-4-5-12(15(6-9)21-3)10(2)20-16-13(17)7-11(18)8-14(16)19/h4-8,10,20H,1-3H3. The summed E-state index contributed by atoms with van der Waals surface area (Å²) in [6.07, 6.45) is 0. The maximum atomic E-state index is 13.8. The first-order chi connectivity index (χ1) is 9.92. The molecule has 0 radical (unpaired) electrons. The number of benzene rings is 2. The Morgan fingerprint density at radius 2 is 1.90 bits per heavy atom. The number of ether oxygens (including phenoxy) is 1. The van der Waals surface area contributed by atoms with Crippen molar-refractivity contribution in [3.8, 4) is 5.75 Å². The molecule has 0 aliphatic heterocycles. The molecule has 5 heteroatoms. The van der Waals surface area contributed by atoms with E-state index in [0.717, 1.165) is 23.3 Å². The molecule has 21 heavy (non-hydrogen) atoms. The fraction of sp³-hybridized carbons (Fsp3) is 0.250. The monoisotopic (exact) mass is 311 g/mol. The van der Waals surface area contributed by atoms with Gasteiger partial charge in [0.15, 0.2) is 5.82 Å². The average Bonchev–Trinajstić information content (AvgIpc) is 2.42. The Bertz CT molecular complexity index is 638. The van der Waals surface area contributed by atoms with Crippen LogP contribution >= 0.6 is 11.6 Å². The number of rotatable bonds is 4. The first-order valence-electron chi connectivity index (χ1n) is 6.48. The first-order valence-corrected chi connectivity index (χ1v) is 6.85. The quantitative estimate of drug-likeness (QED) is 0.847. The van der Waals surface area contributed by atoms with Gasteiger partial charge < -0.3 is 10.1 Å². The Morgan fingerprint density at radius 1 is 1.19 bits per heavy atom. The van der Waals surface area contributed by atoms with Crippen LogP contribution in [0.2, 0.25) is 5.02 Å². The fourth-order valence-corrected chi connectivity index (χ4v) is 2.40. The van der Waals surface area contributed by atoms with E-state index in [2.05, 4.69) is 5.32 Å². The van der Waals surface area contributed by atoms with Crippen LogP contribution in [0, 0.1) is 18.6 Å². The largest absolute Gasteiger partial charge is 0.496 e. The van der Waals surface area contributed by atoms with E-state index in [9.17, 15) is 8.78 Å². The highest BCUT2D eigenvalue weighted by atomic mass is 35.5. The minimum atomic E-state index is -0.724. The summed E-state index contributed by atoms with van der Waals surface area (Å²) in [6.45, 7) is 3.81. The second kappa shape index (κ2) is 6.31. The molecule has 1 unspecified atom stereocenters. The van der Waals surface area contributed by atoms with Gasteiger partial charge in [-0.25, -0.2) is 8.78 Å². The number of halogens is 3. The van der Waals surface area contributed by atoms with E-state index in [1.807, 2.05) is 32.0 Å². The van der Waals surface area contributed by atoms with Crippen LogP contribution in [-0.4, -0.2) is 7.11 Å². The molecule has 0 aliphatic carbocycles. The molecule has 112 valence electrons. The summed E-state index contributed by atoms with van der Waals surface area (Å²) in [7, 11) is 1.58. The lowest BCUT2D eigenvalue weighted by atomic mass is 10.0. The van der Waals surface area contributed by atoms with Crippen molar-refractivity contribution in [2.45, 2.75) is 19.9 Å². The number of methoxy groups -OCH3 is 1. The van der Waals surface area contributed by atoms with Crippen LogP contribution in [0.4, 0.5) is 14.5 Å². The minimum Gasteiger partial charge on any atom is -0.496 e. The molecule has 2 rings (SSSR count). The lowest BCUT2D eigenvalue weighted by Gasteiger charge is -2.20. The molecule has 0 spiro atoms. The van der Waals surface area contributed by atoms with E-state index in [4.69, 9.17) is 16.3 Å². The summed E-state index contributed by atoms with van der Waals surface area (Å²) in [4.78, 5) is 0. The number of hydrogen-bond acceptors (Lipinski definition) is 2. The van der Waals surface area contributed by atoms with Crippen LogP contribution in [0.25, 0.3) is 0 Å². The molecule has 1 atom stereocenters. The molecule has 1 N–H and O–H groups in total. The van der Waals surface area contributed by atoms with Crippen molar-refractivity contribution in [3.05, 3.63) is 58.1 Å². The van der Waals surface area contributed by atoms with Crippen LogP contribution in [0.3, 0.4) is 0 Å². The van der Waals surface area contributed by atoms with Crippen molar-refractivity contribution in [1.29, 1.82) is 0 Å². The van der Waals surface area contributed by atoms with Crippen LogP contribution in [0.5, 0.6) is 5.75 Å². The second-order valence-electron chi connectivity index (χ2n) is 4.86. The Morgan fingerprint density at radius 3 is 2.52 bits per heavy atom. The molecule has 0 saturated carbocycles. The van der Waals surface area contributed by atoms with Gasteiger partial charge in [-0.15, -0.1) is 0 Å². The molecular weight excluding hydrogens is 296 g/mol. The van der Waals surface area contributed by atoms with Crippen LogP contribution in [-0.2, 0) is 0 Å². The molecule has 0 bridgehead atoms. The van der Waals surface area contributed by atoms with Crippen molar-refractivity contribution in [1.82, 2.24) is 0 Å². The smallest absolute Gasteiger partial charge is 0.150 e. The van der Waals surface area contributed by atoms with Crippen LogP contribution in [0.15, 0.2) is 30.3 Å². The number of nitrogens with one attached hydrogen (secondary N) is 1. The molecule has 0 aromatic heterocycles. The molecule has 0 heterocycles. The van der Waals surface area contributed by atoms with Gasteiger partial charge in [0.05, 0.1) is 23.9 Å². The fourth-order valence-electron chi connectivity index (χ4n) is 2.15. The topological polar surface area (TPSA) is 21.3 Å². The summed E-state index contributed by atoms with van der Waals surface area (Å²) in [5.41, 5.74) is 2.00. The van der Waals surface area contributed by atoms with E-state index in [1.54, 1.807) is 7.11 Å². The maximum Gasteiger partial charge on any atom is 0.150 e. The third-order valence-electron chi connectivity index (χ3n) is 3.22. The van der Waals surface area contributed by atoms with Crippen molar-refractivity contribution >= 4 is 17.3 Å². The van der Waals surface area contributed by atoms with Gasteiger partial charge in [-0.2, -0.15) is 0 Å². The van der Waals surface area contributed by atoms with Crippen LogP contribution < -0.4 is 10.1 Å². The highest BCUT2D eigenvalue weighted by molar-refractivity contribution is 6.33. The summed E-state index contributed by atoms with van der Waals surface area (Å²) in [6, 6.07) is 7.37. The van der Waals surface area contributed by atoms with E-state index in [-0.39, 0.29) is 16.8 Å². The second-order valence-corrected chi connectivity index (χ2v) is 5.26. The van der Waals surface area contributed by atoms with Crippen molar-refractivity contribution < 1.29 is 13.5 Å². The Hall–Kier alpha value is -1.81. The summed E-state index contributed by atoms with van der Waals surface area (Å²) < 4.78 is 32.2. The van der Waals surface area contributed by atoms with E-state index in [1.165, 1.54) is 0 Å². The third kappa shape index (κ3) is 3.45.